The van der Waals surface area contributed by atoms with Crippen molar-refractivity contribution in [2.75, 3.05) is 40.0 Å². The number of methoxy groups -OCH3 is 1. The Morgan fingerprint density at radius 3 is 2.24 bits per heavy atom. The normalized spacial score (nSPS) is 15.8. The topological polar surface area (TPSA) is 146 Å². The number of sulfone groups is 1. The SMILES string of the molecule is COCCN1CCC(C(=O)O)(S(=O)(=O)c2ccc(OCCCn3nnc(-c4ccc(OC(F)(F)F)cc4)n3)cc2)CC1. The van der Waals surface area contributed by atoms with Gasteiger partial charge < -0.3 is 24.2 Å². The molecule has 3 aromatic rings. The first kappa shape index (κ1) is 31.2. The van der Waals surface area contributed by atoms with E-state index in [0.717, 1.165) is 12.1 Å². The number of carbonyl (C=O) groups is 1. The van der Waals surface area contributed by atoms with E-state index in [1.807, 2.05) is 4.90 Å². The summed E-state index contributed by atoms with van der Waals surface area (Å²) < 4.78 is 76.5. The Bertz CT molecular complexity index is 1440. The van der Waals surface area contributed by atoms with Gasteiger partial charge in [0.05, 0.1) is 24.7 Å². The standard InChI is InChI=1S/C26H30F3N5O7S/c1-39-18-16-33-14-11-25(12-15-33,24(35)36)42(37,38)22-9-7-20(8-10-22)40-17-2-13-34-31-23(30-32-34)19-3-5-21(6-4-19)41-26(27,28)29/h3-10H,2,11-18H2,1H3,(H,35,36). The third-order valence-corrected chi connectivity index (χ3v) is 9.39. The first-order valence-electron chi connectivity index (χ1n) is 13.0. The molecule has 0 saturated carbocycles. The minimum absolute atomic E-state index is 0.0253. The molecule has 1 N–H and O–H groups in total. The number of nitrogens with zero attached hydrogens (tertiary/aromatic N) is 5. The summed E-state index contributed by atoms with van der Waals surface area (Å²) in [6.07, 6.45) is -4.36. The number of tetrazole rings is 1. The van der Waals surface area contributed by atoms with Gasteiger partial charge in [-0.25, -0.2) is 8.42 Å². The van der Waals surface area contributed by atoms with Crippen molar-refractivity contribution in [3.63, 3.8) is 0 Å². The predicted molar refractivity (Wildman–Crippen MR) is 142 cm³/mol. The number of hydrogen-bond acceptors (Lipinski definition) is 10. The Kier molecular flexibility index (Phi) is 9.68. The van der Waals surface area contributed by atoms with E-state index < -0.39 is 26.9 Å². The molecule has 228 valence electrons. The van der Waals surface area contributed by atoms with Gasteiger partial charge in [-0.1, -0.05) is 0 Å². The first-order chi connectivity index (χ1) is 19.9. The molecule has 2 heterocycles. The average Bonchev–Trinajstić information content (AvgIpc) is 3.43. The molecule has 0 spiro atoms. The van der Waals surface area contributed by atoms with E-state index in [1.165, 1.54) is 41.2 Å². The lowest BCUT2D eigenvalue weighted by molar-refractivity contribution is -0.274. The van der Waals surface area contributed by atoms with Crippen LogP contribution in [0.3, 0.4) is 0 Å². The lowest BCUT2D eigenvalue weighted by atomic mass is 9.96. The van der Waals surface area contributed by atoms with Crippen molar-refractivity contribution in [3.8, 4) is 22.9 Å². The Balaban J connectivity index is 1.29. The zero-order valence-corrected chi connectivity index (χ0v) is 23.5. The van der Waals surface area contributed by atoms with Crippen molar-refractivity contribution in [2.45, 2.75) is 41.8 Å². The van der Waals surface area contributed by atoms with E-state index in [0.29, 0.717) is 50.5 Å². The summed E-state index contributed by atoms with van der Waals surface area (Å²) in [5.74, 6) is -1.08. The number of piperidine rings is 1. The lowest BCUT2D eigenvalue weighted by Crippen LogP contribution is -2.54. The number of alkyl halides is 3. The second-order valence-electron chi connectivity index (χ2n) is 9.59. The number of hydrogen-bond donors (Lipinski definition) is 1. The van der Waals surface area contributed by atoms with Crippen molar-refractivity contribution in [2.24, 2.45) is 0 Å². The van der Waals surface area contributed by atoms with Crippen LogP contribution in [0.5, 0.6) is 11.5 Å². The quantitative estimate of drug-likeness (QED) is 0.284. The van der Waals surface area contributed by atoms with Crippen LogP contribution in [0.15, 0.2) is 53.4 Å². The summed E-state index contributed by atoms with van der Waals surface area (Å²) in [4.78, 5) is 15.4. The van der Waals surface area contributed by atoms with Gasteiger partial charge in [0.15, 0.2) is 14.6 Å². The minimum atomic E-state index is -4.78. The number of aliphatic carboxylic acids is 1. The molecule has 12 nitrogen and oxygen atoms in total. The molecular weight excluding hydrogens is 583 g/mol. The van der Waals surface area contributed by atoms with Crippen molar-refractivity contribution in [1.29, 1.82) is 0 Å². The second-order valence-corrected chi connectivity index (χ2v) is 11.9. The average molecular weight is 614 g/mol. The molecule has 42 heavy (non-hydrogen) atoms. The molecule has 2 aromatic carbocycles. The van der Waals surface area contributed by atoms with Gasteiger partial charge in [0.25, 0.3) is 0 Å². The molecule has 0 aliphatic carbocycles. The number of aromatic nitrogens is 4. The fraction of sp³-hybridized carbons (Fsp3) is 0.462. The summed E-state index contributed by atoms with van der Waals surface area (Å²) in [6, 6.07) is 10.7. The van der Waals surface area contributed by atoms with Gasteiger partial charge in [0.1, 0.15) is 11.5 Å². The molecular formula is C26H30F3N5O7S. The van der Waals surface area contributed by atoms with Crippen molar-refractivity contribution >= 4 is 15.8 Å². The van der Waals surface area contributed by atoms with Gasteiger partial charge in [-0.3, -0.25) is 4.79 Å². The summed E-state index contributed by atoms with van der Waals surface area (Å²) in [7, 11) is -2.60. The molecule has 1 saturated heterocycles. The molecule has 0 unspecified atom stereocenters. The maximum atomic E-state index is 13.4. The van der Waals surface area contributed by atoms with Gasteiger partial charge in [0.2, 0.25) is 5.82 Å². The van der Waals surface area contributed by atoms with E-state index in [-0.39, 0.29) is 35.9 Å². The zero-order chi connectivity index (χ0) is 30.4. The molecule has 1 aliphatic rings. The van der Waals surface area contributed by atoms with E-state index in [4.69, 9.17) is 9.47 Å². The molecule has 0 amide bonds. The fourth-order valence-corrected chi connectivity index (χ4v) is 6.45. The van der Waals surface area contributed by atoms with Crippen molar-refractivity contribution in [1.82, 2.24) is 25.1 Å². The maximum Gasteiger partial charge on any atom is 0.573 e. The Morgan fingerprint density at radius 1 is 1.00 bits per heavy atom. The number of likely N-dealkylation sites (tertiary alicyclic amines) is 1. The zero-order valence-electron chi connectivity index (χ0n) is 22.7. The second kappa shape index (κ2) is 13.0. The third-order valence-electron chi connectivity index (χ3n) is 6.88. The van der Waals surface area contributed by atoms with Crippen LogP contribution < -0.4 is 9.47 Å². The summed E-state index contributed by atoms with van der Waals surface area (Å²) in [5.41, 5.74) is 0.461. The van der Waals surface area contributed by atoms with E-state index in [2.05, 4.69) is 20.1 Å². The number of benzene rings is 2. The number of carboxylic acid groups (broad SMARTS) is 1. The highest BCUT2D eigenvalue weighted by atomic mass is 32.2. The molecule has 16 heteroatoms. The highest BCUT2D eigenvalue weighted by Crippen LogP contribution is 2.36. The molecule has 0 atom stereocenters. The highest BCUT2D eigenvalue weighted by Gasteiger charge is 2.53. The molecule has 1 aromatic heterocycles. The van der Waals surface area contributed by atoms with E-state index >= 15 is 0 Å². The number of halogens is 3. The van der Waals surface area contributed by atoms with Gasteiger partial charge in [-0.15, -0.1) is 23.4 Å². The van der Waals surface area contributed by atoms with Crippen molar-refractivity contribution in [3.05, 3.63) is 48.5 Å². The van der Waals surface area contributed by atoms with Gasteiger partial charge in [-0.2, -0.15) is 4.80 Å². The van der Waals surface area contributed by atoms with Crippen LogP contribution in [-0.4, -0.2) is 95.7 Å². The van der Waals surface area contributed by atoms with E-state index in [1.54, 1.807) is 7.11 Å². The van der Waals surface area contributed by atoms with Crippen LogP contribution in [0, 0.1) is 0 Å². The van der Waals surface area contributed by atoms with Gasteiger partial charge in [-0.05, 0) is 66.6 Å². The van der Waals surface area contributed by atoms with Crippen LogP contribution in [-0.2, 0) is 25.9 Å². The Hall–Kier alpha value is -3.76. The first-order valence-corrected chi connectivity index (χ1v) is 14.5. The number of ether oxygens (including phenoxy) is 3. The van der Waals surface area contributed by atoms with Crippen LogP contribution in [0.25, 0.3) is 11.4 Å². The summed E-state index contributed by atoms with van der Waals surface area (Å²) >= 11 is 0. The Morgan fingerprint density at radius 2 is 1.64 bits per heavy atom. The van der Waals surface area contributed by atoms with Gasteiger partial charge in [0, 0.05) is 38.7 Å². The molecule has 4 rings (SSSR count). The number of aryl methyl sites for hydroxylation is 1. The fourth-order valence-electron chi connectivity index (χ4n) is 4.55. The monoisotopic (exact) mass is 613 g/mol. The predicted octanol–water partition coefficient (Wildman–Crippen LogP) is 3.05. The maximum absolute atomic E-state index is 13.4. The summed E-state index contributed by atoms with van der Waals surface area (Å²) in [6.45, 7) is 2.32. The molecule has 1 fully saturated rings. The van der Waals surface area contributed by atoms with Crippen LogP contribution in [0.1, 0.15) is 19.3 Å². The van der Waals surface area contributed by atoms with Crippen LogP contribution in [0.2, 0.25) is 0 Å². The van der Waals surface area contributed by atoms with Crippen molar-refractivity contribution < 1.29 is 45.7 Å². The lowest BCUT2D eigenvalue weighted by Gasteiger charge is -2.38. The van der Waals surface area contributed by atoms with E-state index in [9.17, 15) is 31.5 Å². The van der Waals surface area contributed by atoms with Gasteiger partial charge >= 0.3 is 12.3 Å². The largest absolute Gasteiger partial charge is 0.573 e. The smallest absolute Gasteiger partial charge is 0.494 e. The minimum Gasteiger partial charge on any atom is -0.494 e. The van der Waals surface area contributed by atoms with Crippen LogP contribution >= 0.6 is 0 Å². The summed E-state index contributed by atoms with van der Waals surface area (Å²) in [5, 5.41) is 22.0. The molecule has 0 bridgehead atoms. The number of carboxylic acids is 1. The molecule has 0 radical (unpaired) electrons. The Labute approximate surface area is 239 Å². The third kappa shape index (κ3) is 7.35. The number of rotatable bonds is 13. The highest BCUT2D eigenvalue weighted by molar-refractivity contribution is 7.93. The molecule has 1 aliphatic heterocycles. The van der Waals surface area contributed by atoms with Crippen LogP contribution in [0.4, 0.5) is 13.2 Å².